The van der Waals surface area contributed by atoms with Gasteiger partial charge in [-0.25, -0.2) is 9.37 Å². The summed E-state index contributed by atoms with van der Waals surface area (Å²) in [7, 11) is 1.37. The van der Waals surface area contributed by atoms with E-state index in [1.54, 1.807) is 37.4 Å². The lowest BCUT2D eigenvalue weighted by molar-refractivity contribution is -0.140. The standard InChI is InChI=1S/C31H31ClFN3O6S/c1-18(41-16-20-6-5-11-36(20)31-34-15-21(43-31)9-10-29(38)40-2)27(37)13-19-12-24(32)26(14-25(19)33)35-30(39)23-17-42-28-8-4-3-7-22(23)28/h3-4,7-8,12,14-15,17-18,20H,5-6,9-11,13,16H2,1-2H3,(H,35,39)/t18?,20-/m0/s1. The summed E-state index contributed by atoms with van der Waals surface area (Å²) in [5.41, 5.74) is 1.06. The molecule has 1 saturated heterocycles. The first-order valence-electron chi connectivity index (χ1n) is 13.9. The van der Waals surface area contributed by atoms with Gasteiger partial charge in [-0.05, 0) is 49.9 Å². The number of aromatic nitrogens is 1. The molecule has 1 aliphatic rings. The second-order valence-electron chi connectivity index (χ2n) is 10.3. The number of nitrogens with one attached hydrogen (secondary N) is 1. The maximum Gasteiger partial charge on any atom is 0.305 e. The molecule has 0 saturated carbocycles. The number of nitrogens with zero attached hydrogens (tertiary/aromatic N) is 2. The van der Waals surface area contributed by atoms with Gasteiger partial charge in [-0.1, -0.05) is 29.8 Å². The zero-order valence-electron chi connectivity index (χ0n) is 23.7. The van der Waals surface area contributed by atoms with Crippen molar-refractivity contribution in [3.05, 3.63) is 75.7 Å². The Morgan fingerprint density at radius 1 is 1.28 bits per heavy atom. The first-order chi connectivity index (χ1) is 20.7. The summed E-state index contributed by atoms with van der Waals surface area (Å²) in [5.74, 6) is -1.70. The van der Waals surface area contributed by atoms with Crippen molar-refractivity contribution < 1.29 is 32.7 Å². The van der Waals surface area contributed by atoms with E-state index < -0.39 is 17.8 Å². The number of rotatable bonds is 12. The van der Waals surface area contributed by atoms with E-state index >= 15 is 4.39 Å². The molecule has 0 radical (unpaired) electrons. The second kappa shape index (κ2) is 13.7. The summed E-state index contributed by atoms with van der Waals surface area (Å²) in [5, 5.41) is 4.21. The molecule has 43 heavy (non-hydrogen) atoms. The number of methoxy groups -OCH3 is 1. The number of fused-ring (bicyclic) bond motifs is 1. The highest BCUT2D eigenvalue weighted by Crippen LogP contribution is 2.31. The summed E-state index contributed by atoms with van der Waals surface area (Å²) in [6.07, 6.45) is 4.88. The second-order valence-corrected chi connectivity index (χ2v) is 11.8. The molecule has 2 aromatic heterocycles. The molecule has 226 valence electrons. The summed E-state index contributed by atoms with van der Waals surface area (Å²) in [6, 6.07) is 9.59. The molecule has 0 spiro atoms. The third kappa shape index (κ3) is 7.23. The van der Waals surface area contributed by atoms with Gasteiger partial charge in [-0.2, -0.15) is 0 Å². The van der Waals surface area contributed by atoms with Crippen LogP contribution in [0.5, 0.6) is 0 Å². The fourth-order valence-corrected chi connectivity index (χ4v) is 6.22. The number of anilines is 2. The number of thiazole rings is 1. The molecular formula is C31H31ClFN3O6S. The van der Waals surface area contributed by atoms with Gasteiger partial charge in [0.25, 0.3) is 5.91 Å². The Kier molecular flexibility index (Phi) is 9.74. The number of hydrogen-bond acceptors (Lipinski definition) is 9. The zero-order chi connectivity index (χ0) is 30.5. The van der Waals surface area contributed by atoms with Crippen molar-refractivity contribution >= 4 is 62.4 Å². The van der Waals surface area contributed by atoms with Crippen LogP contribution < -0.4 is 10.2 Å². The van der Waals surface area contributed by atoms with E-state index in [4.69, 9.17) is 25.5 Å². The van der Waals surface area contributed by atoms with Crippen molar-refractivity contribution in [2.75, 3.05) is 30.5 Å². The Morgan fingerprint density at radius 3 is 2.91 bits per heavy atom. The molecule has 9 nitrogen and oxygen atoms in total. The molecule has 1 fully saturated rings. The first kappa shape index (κ1) is 30.7. The molecule has 0 bridgehead atoms. The normalized spacial score (nSPS) is 15.5. The largest absolute Gasteiger partial charge is 0.469 e. The molecule has 5 rings (SSSR count). The van der Waals surface area contributed by atoms with Gasteiger partial charge in [-0.3, -0.25) is 14.4 Å². The maximum atomic E-state index is 15.0. The van der Waals surface area contributed by atoms with Crippen molar-refractivity contribution in [2.24, 2.45) is 0 Å². The topological polar surface area (TPSA) is 111 Å². The van der Waals surface area contributed by atoms with Crippen molar-refractivity contribution in [2.45, 2.75) is 51.2 Å². The van der Waals surface area contributed by atoms with Gasteiger partial charge in [0.2, 0.25) is 0 Å². The van der Waals surface area contributed by atoms with Crippen molar-refractivity contribution in [1.29, 1.82) is 0 Å². The Balaban J connectivity index is 1.15. The van der Waals surface area contributed by atoms with E-state index in [0.717, 1.165) is 35.5 Å². The van der Waals surface area contributed by atoms with Gasteiger partial charge >= 0.3 is 5.97 Å². The van der Waals surface area contributed by atoms with Gasteiger partial charge in [0.1, 0.15) is 23.8 Å². The van der Waals surface area contributed by atoms with E-state index in [9.17, 15) is 14.4 Å². The number of halogens is 2. The van der Waals surface area contributed by atoms with Crippen LogP contribution in [0, 0.1) is 5.82 Å². The third-order valence-electron chi connectivity index (χ3n) is 7.43. The molecule has 0 aliphatic carbocycles. The van der Waals surface area contributed by atoms with Crippen LogP contribution in [0.3, 0.4) is 0 Å². The summed E-state index contributed by atoms with van der Waals surface area (Å²) in [4.78, 5) is 44.9. The summed E-state index contributed by atoms with van der Waals surface area (Å²) in [6.45, 7) is 2.80. The van der Waals surface area contributed by atoms with Crippen molar-refractivity contribution in [3.63, 3.8) is 0 Å². The van der Waals surface area contributed by atoms with Crippen LogP contribution in [0.1, 0.15) is 47.0 Å². The van der Waals surface area contributed by atoms with Gasteiger partial charge < -0.3 is 24.1 Å². The molecule has 1 aliphatic heterocycles. The number of aryl methyl sites for hydroxylation is 1. The van der Waals surface area contributed by atoms with E-state index in [2.05, 4.69) is 15.2 Å². The van der Waals surface area contributed by atoms with Crippen molar-refractivity contribution in [3.8, 4) is 0 Å². The highest BCUT2D eigenvalue weighted by atomic mass is 35.5. The lowest BCUT2D eigenvalue weighted by Gasteiger charge is -2.25. The monoisotopic (exact) mass is 627 g/mol. The number of benzene rings is 2. The van der Waals surface area contributed by atoms with E-state index in [1.165, 1.54) is 30.8 Å². The average Bonchev–Trinajstić information content (AvgIpc) is 3.76. The molecule has 4 aromatic rings. The number of hydrogen-bond donors (Lipinski definition) is 1. The first-order valence-corrected chi connectivity index (χ1v) is 15.1. The number of amides is 1. The van der Waals surface area contributed by atoms with Crippen molar-refractivity contribution in [1.82, 2.24) is 4.98 Å². The molecule has 1 unspecified atom stereocenters. The number of para-hydroxylation sites is 1. The summed E-state index contributed by atoms with van der Waals surface area (Å²) < 4.78 is 31.1. The Hall–Kier alpha value is -3.80. The minimum Gasteiger partial charge on any atom is -0.469 e. The van der Waals surface area contributed by atoms with E-state index in [-0.39, 0.29) is 40.5 Å². The molecular weight excluding hydrogens is 597 g/mol. The maximum absolute atomic E-state index is 15.0. The number of carbonyl (C=O) groups is 3. The molecule has 2 aromatic carbocycles. The molecule has 1 N–H and O–H groups in total. The fourth-order valence-electron chi connectivity index (χ4n) is 4.98. The highest BCUT2D eigenvalue weighted by Gasteiger charge is 2.29. The van der Waals surface area contributed by atoms with E-state index in [0.29, 0.717) is 36.0 Å². The lowest BCUT2D eigenvalue weighted by atomic mass is 10.0. The number of ether oxygens (including phenoxy) is 2. The fraction of sp³-hybridized carbons (Fsp3) is 0.355. The highest BCUT2D eigenvalue weighted by molar-refractivity contribution is 7.15. The van der Waals surface area contributed by atoms with Gasteiger partial charge in [0, 0.05) is 29.4 Å². The number of esters is 1. The van der Waals surface area contributed by atoms with Crippen LogP contribution in [0.25, 0.3) is 11.0 Å². The molecule has 12 heteroatoms. The van der Waals surface area contributed by atoms with Gasteiger partial charge in [0.15, 0.2) is 10.9 Å². The minimum atomic E-state index is -0.763. The number of carbonyl (C=O) groups excluding carboxylic acids is 3. The number of Topliss-reactive ketones (excluding diaryl/α,β-unsaturated/α-hetero) is 1. The quantitative estimate of drug-likeness (QED) is 0.184. The van der Waals surface area contributed by atoms with E-state index in [1.807, 2.05) is 0 Å². The van der Waals surface area contributed by atoms with Crippen LogP contribution in [0.15, 0.2) is 53.3 Å². The van der Waals surface area contributed by atoms with Crippen LogP contribution in [-0.4, -0.2) is 55.1 Å². The smallest absolute Gasteiger partial charge is 0.305 e. The molecule has 2 atom stereocenters. The van der Waals surface area contributed by atoms with Crippen LogP contribution in [-0.2, 0) is 31.9 Å². The van der Waals surface area contributed by atoms with Crippen LogP contribution in [0.2, 0.25) is 5.02 Å². The SMILES string of the molecule is COC(=O)CCc1cnc(N2CCC[C@H]2COC(C)C(=O)Cc2cc(Cl)c(NC(=O)c3coc4ccccc34)cc2F)s1. The average molecular weight is 628 g/mol. The predicted molar refractivity (Wildman–Crippen MR) is 163 cm³/mol. The third-order valence-corrected chi connectivity index (χ3v) is 8.84. The predicted octanol–water partition coefficient (Wildman–Crippen LogP) is 6.23. The summed E-state index contributed by atoms with van der Waals surface area (Å²) >= 11 is 7.91. The molecule has 1 amide bonds. The Morgan fingerprint density at radius 2 is 2.09 bits per heavy atom. The number of furan rings is 1. The van der Waals surface area contributed by atoms with Crippen LogP contribution >= 0.6 is 22.9 Å². The Labute approximate surface area is 256 Å². The number of ketones is 1. The lowest BCUT2D eigenvalue weighted by Crippen LogP contribution is -2.35. The zero-order valence-corrected chi connectivity index (χ0v) is 25.3. The molecule has 3 heterocycles. The minimum absolute atomic E-state index is 0.0521. The van der Waals surface area contributed by atoms with Gasteiger partial charge in [0.05, 0.1) is 42.5 Å². The van der Waals surface area contributed by atoms with Crippen LogP contribution in [0.4, 0.5) is 15.2 Å². The van der Waals surface area contributed by atoms with Gasteiger partial charge in [-0.15, -0.1) is 11.3 Å². The Bertz CT molecular complexity index is 1640.